The van der Waals surface area contributed by atoms with Crippen molar-refractivity contribution in [3.8, 4) is 22.6 Å². The van der Waals surface area contributed by atoms with E-state index in [0.717, 1.165) is 38.8 Å². The second-order valence-electron chi connectivity index (χ2n) is 6.53. The number of pyridine rings is 1. The van der Waals surface area contributed by atoms with E-state index < -0.39 is 0 Å². The van der Waals surface area contributed by atoms with Gasteiger partial charge in [0.05, 0.1) is 16.6 Å². The fourth-order valence-electron chi connectivity index (χ4n) is 3.68. The second kappa shape index (κ2) is 6.87. The number of hydrogen-bond donors (Lipinski definition) is 1. The zero-order valence-corrected chi connectivity index (χ0v) is 15.0. The molecule has 0 unspecified atom stereocenters. The Morgan fingerprint density at radius 3 is 2.50 bits per heavy atom. The number of para-hydroxylation sites is 1. The molecule has 1 N–H and O–H groups in total. The van der Waals surface area contributed by atoms with E-state index in [9.17, 15) is 0 Å². The molecule has 5 heteroatoms. The highest BCUT2D eigenvalue weighted by Gasteiger charge is 2.14. The summed E-state index contributed by atoms with van der Waals surface area (Å²) in [6, 6.07) is 28.4. The molecule has 0 amide bonds. The smallest absolute Gasteiger partial charge is 0.537 e. The van der Waals surface area contributed by atoms with Crippen LogP contribution >= 0.6 is 0 Å². The predicted octanol–water partition coefficient (Wildman–Crippen LogP) is 4.75. The van der Waals surface area contributed by atoms with Crippen LogP contribution in [0.3, 0.4) is 0 Å². The van der Waals surface area contributed by atoms with Crippen LogP contribution in [0.15, 0.2) is 91.1 Å². The Bertz CT molecular complexity index is 1280. The summed E-state index contributed by atoms with van der Waals surface area (Å²) in [5.41, 5.74) is 6.34. The average molecular weight is 363 g/mol. The molecule has 5 aromatic rings. The SMILES string of the molecule is O[B]Oc1cccc(-c2ccc3c(c2)c2ncccc2n3-c2ccccc2)c1. The molecule has 1 radical (unpaired) electrons. The first-order chi connectivity index (χ1) is 13.8. The molecular weight excluding hydrogens is 347 g/mol. The van der Waals surface area contributed by atoms with Crippen molar-refractivity contribution in [1.82, 2.24) is 9.55 Å². The maximum Gasteiger partial charge on any atom is 0.569 e. The van der Waals surface area contributed by atoms with Gasteiger partial charge in [-0.2, -0.15) is 0 Å². The van der Waals surface area contributed by atoms with Crippen LogP contribution in [0, 0.1) is 0 Å². The van der Waals surface area contributed by atoms with Crippen molar-refractivity contribution < 1.29 is 9.68 Å². The molecule has 0 fully saturated rings. The molecule has 2 aromatic heterocycles. The summed E-state index contributed by atoms with van der Waals surface area (Å²) in [4.78, 5) is 4.65. The molecule has 4 nitrogen and oxygen atoms in total. The monoisotopic (exact) mass is 363 g/mol. The van der Waals surface area contributed by atoms with E-state index in [2.05, 4.69) is 45.9 Å². The van der Waals surface area contributed by atoms with E-state index in [0.29, 0.717) is 13.4 Å². The van der Waals surface area contributed by atoms with Crippen molar-refractivity contribution in [3.63, 3.8) is 0 Å². The first kappa shape index (κ1) is 16.6. The lowest BCUT2D eigenvalue weighted by Crippen LogP contribution is -1.99. The molecule has 0 saturated carbocycles. The third-order valence-corrected chi connectivity index (χ3v) is 4.89. The summed E-state index contributed by atoms with van der Waals surface area (Å²) in [5, 5.41) is 9.99. The third kappa shape index (κ3) is 2.73. The molecule has 0 saturated heterocycles. The largest absolute Gasteiger partial charge is 0.569 e. The Morgan fingerprint density at radius 2 is 1.64 bits per heavy atom. The molecule has 28 heavy (non-hydrogen) atoms. The van der Waals surface area contributed by atoms with Crippen LogP contribution in [0.25, 0.3) is 38.8 Å². The van der Waals surface area contributed by atoms with Crippen LogP contribution < -0.4 is 4.65 Å². The summed E-state index contributed by atoms with van der Waals surface area (Å²) in [7, 11) is 0.694. The molecular formula is C23H16BN2O2. The van der Waals surface area contributed by atoms with Gasteiger partial charge in [-0.05, 0) is 59.7 Å². The molecule has 0 spiro atoms. The van der Waals surface area contributed by atoms with E-state index in [1.165, 1.54) is 0 Å². The van der Waals surface area contributed by atoms with Crippen LogP contribution in [0.5, 0.6) is 5.75 Å². The minimum absolute atomic E-state index is 0.588. The highest BCUT2D eigenvalue weighted by atomic mass is 16.5. The normalized spacial score (nSPS) is 11.0. The highest BCUT2D eigenvalue weighted by molar-refractivity contribution is 6.17. The van der Waals surface area contributed by atoms with Crippen LogP contribution in [0.2, 0.25) is 0 Å². The number of rotatable bonds is 4. The first-order valence-corrected chi connectivity index (χ1v) is 9.03. The van der Waals surface area contributed by atoms with E-state index >= 15 is 0 Å². The van der Waals surface area contributed by atoms with Crippen molar-refractivity contribution in [2.45, 2.75) is 0 Å². The topological polar surface area (TPSA) is 47.3 Å². The van der Waals surface area contributed by atoms with Gasteiger partial charge < -0.3 is 14.2 Å². The van der Waals surface area contributed by atoms with Gasteiger partial charge in [-0.1, -0.05) is 36.4 Å². The van der Waals surface area contributed by atoms with Gasteiger partial charge in [0.25, 0.3) is 0 Å². The lowest BCUT2D eigenvalue weighted by atomic mass is 10.0. The Balaban J connectivity index is 1.75. The molecule has 3 aromatic carbocycles. The number of nitrogens with zero attached hydrogens (tertiary/aromatic N) is 2. The first-order valence-electron chi connectivity index (χ1n) is 9.03. The minimum atomic E-state index is 0.588. The van der Waals surface area contributed by atoms with E-state index in [1.54, 1.807) is 6.07 Å². The Kier molecular flexibility index (Phi) is 4.07. The standard InChI is InChI=1S/C23H16BN2O2/c27-24-28-19-9-4-6-16(14-19)17-11-12-21-20(15-17)23-22(10-5-13-25-23)26(21)18-7-2-1-3-8-18/h1-15,27H. The van der Waals surface area contributed by atoms with E-state index in [1.807, 2.05) is 48.7 Å². The quantitative estimate of drug-likeness (QED) is 0.469. The number of hydrogen-bond acceptors (Lipinski definition) is 3. The van der Waals surface area contributed by atoms with Crippen molar-refractivity contribution >= 4 is 29.6 Å². The summed E-state index contributed by atoms with van der Waals surface area (Å²) >= 11 is 0. The van der Waals surface area contributed by atoms with Crippen molar-refractivity contribution in [2.24, 2.45) is 0 Å². The number of fused-ring (bicyclic) bond motifs is 3. The van der Waals surface area contributed by atoms with Gasteiger partial charge in [0.15, 0.2) is 0 Å². The predicted molar refractivity (Wildman–Crippen MR) is 113 cm³/mol. The Hall–Kier alpha value is -3.57. The van der Waals surface area contributed by atoms with Crippen molar-refractivity contribution in [1.29, 1.82) is 0 Å². The molecule has 5 rings (SSSR count). The molecule has 0 aliphatic carbocycles. The van der Waals surface area contributed by atoms with Gasteiger partial charge in [0.1, 0.15) is 5.75 Å². The fraction of sp³-hybridized carbons (Fsp3) is 0. The summed E-state index contributed by atoms with van der Waals surface area (Å²) < 4.78 is 7.34. The lowest BCUT2D eigenvalue weighted by molar-refractivity contribution is 0.454. The Labute approximate surface area is 163 Å². The molecule has 0 bridgehead atoms. The molecule has 133 valence electrons. The Morgan fingerprint density at radius 1 is 0.786 bits per heavy atom. The third-order valence-electron chi connectivity index (χ3n) is 4.89. The van der Waals surface area contributed by atoms with Gasteiger partial charge in [-0.15, -0.1) is 0 Å². The van der Waals surface area contributed by atoms with Gasteiger partial charge in [-0.25, -0.2) is 0 Å². The molecule has 0 aliphatic heterocycles. The highest BCUT2D eigenvalue weighted by Crippen LogP contribution is 2.34. The van der Waals surface area contributed by atoms with Crippen molar-refractivity contribution in [2.75, 3.05) is 0 Å². The molecule has 0 atom stereocenters. The summed E-state index contributed by atoms with van der Waals surface area (Å²) in [6.45, 7) is 0. The average Bonchev–Trinajstić information content (AvgIpc) is 3.08. The van der Waals surface area contributed by atoms with Gasteiger partial charge in [0.2, 0.25) is 0 Å². The van der Waals surface area contributed by atoms with E-state index in [-0.39, 0.29) is 0 Å². The van der Waals surface area contributed by atoms with Crippen LogP contribution in [0.1, 0.15) is 0 Å². The van der Waals surface area contributed by atoms with Gasteiger partial charge in [0, 0.05) is 17.3 Å². The lowest BCUT2D eigenvalue weighted by Gasteiger charge is -2.08. The van der Waals surface area contributed by atoms with Crippen LogP contribution in [-0.4, -0.2) is 22.3 Å². The maximum atomic E-state index is 8.89. The van der Waals surface area contributed by atoms with Gasteiger partial charge >= 0.3 is 7.69 Å². The van der Waals surface area contributed by atoms with Crippen molar-refractivity contribution in [3.05, 3.63) is 91.1 Å². The summed E-state index contributed by atoms with van der Waals surface area (Å²) in [6.07, 6.45) is 1.83. The maximum absolute atomic E-state index is 8.89. The summed E-state index contributed by atoms with van der Waals surface area (Å²) in [5.74, 6) is 0.588. The van der Waals surface area contributed by atoms with Crippen LogP contribution in [0.4, 0.5) is 0 Å². The second-order valence-corrected chi connectivity index (χ2v) is 6.53. The zero-order valence-electron chi connectivity index (χ0n) is 15.0. The van der Waals surface area contributed by atoms with Gasteiger partial charge in [-0.3, -0.25) is 4.98 Å². The molecule has 2 heterocycles. The zero-order chi connectivity index (χ0) is 18.9. The van der Waals surface area contributed by atoms with Crippen LogP contribution in [-0.2, 0) is 0 Å². The molecule has 0 aliphatic rings. The number of benzene rings is 3. The minimum Gasteiger partial charge on any atom is -0.537 e. The number of aromatic nitrogens is 2. The van der Waals surface area contributed by atoms with E-state index in [4.69, 9.17) is 9.68 Å². The fourth-order valence-corrected chi connectivity index (χ4v) is 3.68.